The second-order valence-corrected chi connectivity index (χ2v) is 10.8. The third-order valence-corrected chi connectivity index (χ3v) is 8.53. The number of aldehydes is 1. The number of carbonyl (C=O) groups is 2. The first-order valence-corrected chi connectivity index (χ1v) is 13.1. The van der Waals surface area contributed by atoms with Crippen LogP contribution >= 0.6 is 11.3 Å². The first-order valence-electron chi connectivity index (χ1n) is 10.7. The van der Waals surface area contributed by atoms with E-state index in [-0.39, 0.29) is 16.1 Å². The number of nitrogens with zero attached hydrogens (tertiary/aromatic N) is 1. The van der Waals surface area contributed by atoms with Gasteiger partial charge in [0.1, 0.15) is 5.75 Å². The van der Waals surface area contributed by atoms with Crippen molar-refractivity contribution in [3.63, 3.8) is 0 Å². The molecular weight excluding hydrogens is 500 g/mol. The van der Waals surface area contributed by atoms with Crippen LogP contribution in [0.4, 0.5) is 5.69 Å². The molecule has 0 amide bonds. The molecule has 0 bridgehead atoms. The van der Waals surface area contributed by atoms with Crippen LogP contribution in [-0.2, 0) is 9.84 Å². The molecular formula is C26H22N2O6S2. The van der Waals surface area contributed by atoms with Crippen LogP contribution < -0.4 is 10.1 Å². The van der Waals surface area contributed by atoms with E-state index < -0.39 is 21.2 Å². The molecule has 36 heavy (non-hydrogen) atoms. The first-order chi connectivity index (χ1) is 17.3. The average Bonchev–Trinajstić information content (AvgIpc) is 3.37. The van der Waals surface area contributed by atoms with Crippen molar-refractivity contribution in [2.75, 3.05) is 12.4 Å². The fraction of sp³-hybridized carbons (Fsp3) is 0.115. The summed E-state index contributed by atoms with van der Waals surface area (Å²) in [4.78, 5) is 28.4. The van der Waals surface area contributed by atoms with Crippen molar-refractivity contribution >= 4 is 39.1 Å². The van der Waals surface area contributed by atoms with Gasteiger partial charge in [-0.1, -0.05) is 6.07 Å². The molecule has 2 heterocycles. The number of hydrogen-bond donors (Lipinski definition) is 2. The second-order valence-electron chi connectivity index (χ2n) is 7.88. The number of thiophene rings is 1. The highest BCUT2D eigenvalue weighted by Gasteiger charge is 2.31. The number of nitrogens with one attached hydrogen (secondary N) is 1. The summed E-state index contributed by atoms with van der Waals surface area (Å²) >= 11 is 1.32. The Morgan fingerprint density at radius 2 is 1.92 bits per heavy atom. The molecule has 2 aromatic heterocycles. The number of methoxy groups -OCH3 is 1. The Bertz CT molecular complexity index is 1510. The van der Waals surface area contributed by atoms with Gasteiger partial charge in [-0.15, -0.1) is 11.3 Å². The van der Waals surface area contributed by atoms with Gasteiger partial charge in [0, 0.05) is 28.4 Å². The molecule has 0 saturated carbocycles. The van der Waals surface area contributed by atoms with E-state index in [4.69, 9.17) is 4.74 Å². The van der Waals surface area contributed by atoms with Gasteiger partial charge in [0.25, 0.3) is 0 Å². The fourth-order valence-corrected chi connectivity index (χ4v) is 6.24. The van der Waals surface area contributed by atoms with E-state index in [9.17, 15) is 23.1 Å². The molecule has 4 aromatic rings. The van der Waals surface area contributed by atoms with E-state index in [0.29, 0.717) is 39.2 Å². The van der Waals surface area contributed by atoms with Crippen LogP contribution in [-0.4, -0.2) is 37.9 Å². The lowest BCUT2D eigenvalue weighted by atomic mass is 10.0. The summed E-state index contributed by atoms with van der Waals surface area (Å²) in [6, 6.07) is 14.0. The highest BCUT2D eigenvalue weighted by atomic mass is 32.2. The summed E-state index contributed by atoms with van der Waals surface area (Å²) in [7, 11) is -2.56. The van der Waals surface area contributed by atoms with Gasteiger partial charge in [-0.2, -0.15) is 0 Å². The third kappa shape index (κ3) is 4.86. The van der Waals surface area contributed by atoms with Crippen molar-refractivity contribution in [2.45, 2.75) is 17.2 Å². The number of ether oxygens (including phenoxy) is 1. The summed E-state index contributed by atoms with van der Waals surface area (Å²) in [6.45, 7) is 1.69. The fourth-order valence-electron chi connectivity index (χ4n) is 3.83. The minimum absolute atomic E-state index is 0.0324. The third-order valence-electron chi connectivity index (χ3n) is 5.61. The molecule has 0 fully saturated rings. The molecule has 10 heteroatoms. The number of carboxylic acid groups (broad SMARTS) is 1. The lowest BCUT2D eigenvalue weighted by Gasteiger charge is -2.23. The normalized spacial score (nSPS) is 12.1. The molecule has 2 aromatic carbocycles. The van der Waals surface area contributed by atoms with Gasteiger partial charge in [0.2, 0.25) is 9.84 Å². The van der Waals surface area contributed by atoms with Gasteiger partial charge in [0.15, 0.2) is 11.7 Å². The Balaban J connectivity index is 1.85. The molecule has 4 rings (SSSR count). The maximum atomic E-state index is 13.8. The zero-order chi connectivity index (χ0) is 25.9. The van der Waals surface area contributed by atoms with Crippen molar-refractivity contribution < 1.29 is 27.9 Å². The van der Waals surface area contributed by atoms with Crippen LogP contribution in [0.5, 0.6) is 5.75 Å². The number of anilines is 1. The van der Waals surface area contributed by atoms with Crippen LogP contribution in [0.3, 0.4) is 0 Å². The SMILES string of the molecule is COc1ccc(S(=O)(=O)C(Nc2c(C)cc(-c3sccc3C=O)cc2C(=O)O)c2cccnc2)cc1. The molecule has 0 spiro atoms. The smallest absolute Gasteiger partial charge is 0.337 e. The number of sulfone groups is 1. The molecule has 2 N–H and O–H groups in total. The van der Waals surface area contributed by atoms with Gasteiger partial charge in [0.05, 0.1) is 23.3 Å². The van der Waals surface area contributed by atoms with Crippen LogP contribution in [0.1, 0.15) is 37.2 Å². The maximum Gasteiger partial charge on any atom is 0.337 e. The van der Waals surface area contributed by atoms with Crippen molar-refractivity contribution in [1.82, 2.24) is 4.98 Å². The van der Waals surface area contributed by atoms with E-state index in [1.165, 1.54) is 49.0 Å². The number of aryl methyl sites for hydroxylation is 1. The van der Waals surface area contributed by atoms with Gasteiger partial charge in [-0.3, -0.25) is 9.78 Å². The molecule has 1 unspecified atom stereocenters. The lowest BCUT2D eigenvalue weighted by molar-refractivity contribution is 0.0697. The summed E-state index contributed by atoms with van der Waals surface area (Å²) in [5.74, 6) is -0.735. The number of benzene rings is 2. The number of rotatable bonds is 9. The van der Waals surface area contributed by atoms with Gasteiger partial charge in [-0.25, -0.2) is 13.2 Å². The van der Waals surface area contributed by atoms with Crippen molar-refractivity contribution in [3.05, 3.63) is 94.6 Å². The van der Waals surface area contributed by atoms with E-state index >= 15 is 0 Å². The largest absolute Gasteiger partial charge is 0.497 e. The molecule has 0 aliphatic heterocycles. The lowest BCUT2D eigenvalue weighted by Crippen LogP contribution is -2.23. The Morgan fingerprint density at radius 1 is 1.17 bits per heavy atom. The van der Waals surface area contributed by atoms with Crippen molar-refractivity contribution in [2.24, 2.45) is 0 Å². The summed E-state index contributed by atoms with van der Waals surface area (Å²) in [6.07, 6.45) is 3.66. The number of pyridine rings is 1. The zero-order valence-corrected chi connectivity index (χ0v) is 21.0. The number of carboxylic acids is 1. The molecule has 8 nitrogen and oxygen atoms in total. The Kier molecular flexibility index (Phi) is 7.18. The van der Waals surface area contributed by atoms with Gasteiger partial charge < -0.3 is 15.2 Å². The highest BCUT2D eigenvalue weighted by Crippen LogP contribution is 2.37. The minimum Gasteiger partial charge on any atom is -0.497 e. The quantitative estimate of drug-likeness (QED) is 0.287. The number of hydrogen-bond acceptors (Lipinski definition) is 8. The summed E-state index contributed by atoms with van der Waals surface area (Å²) < 4.78 is 32.6. The Labute approximate surface area is 212 Å². The Morgan fingerprint density at radius 3 is 2.53 bits per heavy atom. The molecule has 0 aliphatic rings. The monoisotopic (exact) mass is 522 g/mol. The van der Waals surface area contributed by atoms with Crippen LogP contribution in [0.15, 0.2) is 77.3 Å². The molecule has 184 valence electrons. The summed E-state index contributed by atoms with van der Waals surface area (Å²) in [5.41, 5.74) is 1.90. The van der Waals surface area contributed by atoms with Gasteiger partial charge in [-0.05, 0) is 72.0 Å². The Hall–Kier alpha value is -4.02. The maximum absolute atomic E-state index is 13.8. The van der Waals surface area contributed by atoms with E-state index in [2.05, 4.69) is 10.3 Å². The zero-order valence-electron chi connectivity index (χ0n) is 19.3. The van der Waals surface area contributed by atoms with E-state index in [1.54, 1.807) is 48.7 Å². The molecule has 1 atom stereocenters. The van der Waals surface area contributed by atoms with Crippen LogP contribution in [0.2, 0.25) is 0 Å². The molecule has 0 saturated heterocycles. The first kappa shape index (κ1) is 25.1. The predicted octanol–water partition coefficient (Wildman–Crippen LogP) is 5.22. The molecule has 0 radical (unpaired) electrons. The number of aromatic nitrogens is 1. The van der Waals surface area contributed by atoms with E-state index in [0.717, 1.165) is 0 Å². The standard InChI is InChI=1S/C26H22N2O6S2/c1-16-12-19(24-18(15-29)9-11-35-24)13-22(26(30)31)23(16)28-25(17-4-3-10-27-14-17)36(32,33)21-7-5-20(34-2)6-8-21/h3-15,25,28H,1-2H3,(H,30,31). The van der Waals surface area contributed by atoms with Gasteiger partial charge >= 0.3 is 5.97 Å². The van der Waals surface area contributed by atoms with Crippen LogP contribution in [0.25, 0.3) is 10.4 Å². The predicted molar refractivity (Wildman–Crippen MR) is 138 cm³/mol. The van der Waals surface area contributed by atoms with Crippen molar-refractivity contribution in [3.8, 4) is 16.2 Å². The number of aromatic carboxylic acids is 1. The summed E-state index contributed by atoms with van der Waals surface area (Å²) in [5, 5.41) is 13.4. The van der Waals surface area contributed by atoms with E-state index in [1.807, 2.05) is 0 Å². The minimum atomic E-state index is -4.04. The average molecular weight is 523 g/mol. The van der Waals surface area contributed by atoms with Crippen molar-refractivity contribution in [1.29, 1.82) is 0 Å². The topological polar surface area (TPSA) is 123 Å². The highest BCUT2D eigenvalue weighted by molar-refractivity contribution is 7.91. The number of carbonyl (C=O) groups excluding carboxylic acids is 1. The van der Waals surface area contributed by atoms with Crippen LogP contribution in [0, 0.1) is 6.92 Å². The molecule has 0 aliphatic carbocycles. The second kappa shape index (κ2) is 10.3.